The third-order valence-electron chi connectivity index (χ3n) is 3.02. The number of hydrogen-bond donors (Lipinski definition) is 1. The molecule has 0 spiro atoms. The average molecular weight is 254 g/mol. The van der Waals surface area contributed by atoms with Crippen LogP contribution in [-0.4, -0.2) is 31.1 Å². The number of rotatable bonds is 7. The van der Waals surface area contributed by atoms with E-state index in [1.165, 1.54) is 7.11 Å². The van der Waals surface area contributed by atoms with Crippen molar-refractivity contribution < 1.29 is 9.13 Å². The Labute approximate surface area is 109 Å². The van der Waals surface area contributed by atoms with Gasteiger partial charge in [0.15, 0.2) is 11.6 Å². The van der Waals surface area contributed by atoms with Gasteiger partial charge in [-0.25, -0.2) is 4.39 Å². The van der Waals surface area contributed by atoms with Gasteiger partial charge in [-0.2, -0.15) is 0 Å². The van der Waals surface area contributed by atoms with Crippen molar-refractivity contribution in [3.05, 3.63) is 29.6 Å². The van der Waals surface area contributed by atoms with Gasteiger partial charge in [0.05, 0.1) is 7.11 Å². The highest BCUT2D eigenvalue weighted by atomic mass is 19.1. The van der Waals surface area contributed by atoms with Crippen molar-refractivity contribution >= 4 is 0 Å². The van der Waals surface area contributed by atoms with Crippen molar-refractivity contribution in [1.82, 2.24) is 4.90 Å². The summed E-state index contributed by atoms with van der Waals surface area (Å²) in [5.74, 6) is 0.0356. The van der Waals surface area contributed by atoms with Gasteiger partial charge in [-0.05, 0) is 39.4 Å². The summed E-state index contributed by atoms with van der Waals surface area (Å²) in [5, 5.41) is 0. The number of methoxy groups -OCH3 is 1. The standard InChI is InChI=1S/C14H23FN2O/c1-11(2)17(9-5-8-16)10-12-6-4-7-13(18-3)14(12)15/h4,6-7,11H,5,8-10,16H2,1-3H3. The first-order valence-electron chi connectivity index (χ1n) is 6.35. The van der Waals surface area contributed by atoms with Crippen LogP contribution in [0.15, 0.2) is 18.2 Å². The molecule has 0 saturated heterocycles. The Balaban J connectivity index is 2.80. The Morgan fingerprint density at radius 2 is 2.11 bits per heavy atom. The largest absolute Gasteiger partial charge is 0.494 e. The van der Waals surface area contributed by atoms with E-state index in [1.807, 2.05) is 6.07 Å². The third-order valence-corrected chi connectivity index (χ3v) is 3.02. The SMILES string of the molecule is COc1cccc(CN(CCCN)C(C)C)c1F. The Hall–Kier alpha value is -1.13. The van der Waals surface area contributed by atoms with Gasteiger partial charge in [-0.3, -0.25) is 4.90 Å². The van der Waals surface area contributed by atoms with Gasteiger partial charge >= 0.3 is 0 Å². The molecule has 18 heavy (non-hydrogen) atoms. The lowest BCUT2D eigenvalue weighted by atomic mass is 10.1. The Bertz CT molecular complexity index is 369. The molecule has 4 heteroatoms. The lowest BCUT2D eigenvalue weighted by Gasteiger charge is -2.26. The molecule has 102 valence electrons. The summed E-state index contributed by atoms with van der Waals surface area (Å²) in [6.45, 7) is 6.33. The topological polar surface area (TPSA) is 38.5 Å². The molecule has 0 amide bonds. The van der Waals surface area contributed by atoms with Crippen molar-refractivity contribution in [1.29, 1.82) is 0 Å². The van der Waals surface area contributed by atoms with Gasteiger partial charge in [0, 0.05) is 18.2 Å². The fourth-order valence-corrected chi connectivity index (χ4v) is 1.87. The van der Waals surface area contributed by atoms with Gasteiger partial charge in [-0.15, -0.1) is 0 Å². The molecule has 0 unspecified atom stereocenters. The van der Waals surface area contributed by atoms with Crippen LogP contribution in [0, 0.1) is 5.82 Å². The fourth-order valence-electron chi connectivity index (χ4n) is 1.87. The molecule has 0 fully saturated rings. The van der Waals surface area contributed by atoms with Gasteiger partial charge in [0.2, 0.25) is 0 Å². The molecule has 0 radical (unpaired) electrons. The first-order valence-corrected chi connectivity index (χ1v) is 6.35. The molecule has 1 aromatic carbocycles. The molecule has 0 aliphatic rings. The quantitative estimate of drug-likeness (QED) is 0.812. The van der Waals surface area contributed by atoms with Crippen molar-refractivity contribution in [2.75, 3.05) is 20.2 Å². The second-order valence-corrected chi connectivity index (χ2v) is 4.64. The van der Waals surface area contributed by atoms with Crippen LogP contribution in [-0.2, 0) is 6.54 Å². The molecule has 3 nitrogen and oxygen atoms in total. The number of ether oxygens (including phenoxy) is 1. The van der Waals surface area contributed by atoms with Crippen LogP contribution in [0.1, 0.15) is 25.8 Å². The molecule has 0 bridgehead atoms. The smallest absolute Gasteiger partial charge is 0.169 e. The highest BCUT2D eigenvalue weighted by Crippen LogP contribution is 2.21. The number of halogens is 1. The third kappa shape index (κ3) is 3.96. The summed E-state index contributed by atoms with van der Waals surface area (Å²) in [5.41, 5.74) is 6.19. The van der Waals surface area contributed by atoms with Crippen LogP contribution in [0.25, 0.3) is 0 Å². The van der Waals surface area contributed by atoms with Crippen molar-refractivity contribution in [3.8, 4) is 5.75 Å². The molecule has 0 atom stereocenters. The minimum Gasteiger partial charge on any atom is -0.494 e. The van der Waals surface area contributed by atoms with E-state index in [2.05, 4.69) is 18.7 Å². The molecular formula is C14H23FN2O. The highest BCUT2D eigenvalue weighted by molar-refractivity contribution is 5.31. The number of hydrogen-bond acceptors (Lipinski definition) is 3. The Morgan fingerprint density at radius 1 is 1.39 bits per heavy atom. The van der Waals surface area contributed by atoms with Crippen molar-refractivity contribution in [3.63, 3.8) is 0 Å². The fraction of sp³-hybridized carbons (Fsp3) is 0.571. The lowest BCUT2D eigenvalue weighted by Crippen LogP contribution is -2.32. The van der Waals surface area contributed by atoms with Crippen LogP contribution >= 0.6 is 0 Å². The maximum Gasteiger partial charge on any atom is 0.169 e. The van der Waals surface area contributed by atoms with Crippen LogP contribution in [0.4, 0.5) is 4.39 Å². The monoisotopic (exact) mass is 254 g/mol. The molecule has 0 aliphatic carbocycles. The highest BCUT2D eigenvalue weighted by Gasteiger charge is 2.14. The molecule has 0 saturated carbocycles. The molecule has 2 N–H and O–H groups in total. The number of nitrogens with two attached hydrogens (primary N) is 1. The van der Waals surface area contributed by atoms with Crippen molar-refractivity contribution in [2.45, 2.75) is 32.9 Å². The maximum atomic E-state index is 14.0. The summed E-state index contributed by atoms with van der Waals surface area (Å²) in [7, 11) is 1.48. The van der Waals surface area contributed by atoms with E-state index in [0.29, 0.717) is 30.4 Å². The summed E-state index contributed by atoms with van der Waals surface area (Å²) < 4.78 is 19.0. The molecule has 0 heterocycles. The first kappa shape index (κ1) is 14.9. The molecule has 0 aromatic heterocycles. The van der Waals surface area contributed by atoms with Crippen LogP contribution in [0.2, 0.25) is 0 Å². The van der Waals surface area contributed by atoms with Gasteiger partial charge < -0.3 is 10.5 Å². The normalized spacial score (nSPS) is 11.3. The maximum absolute atomic E-state index is 14.0. The Morgan fingerprint density at radius 3 is 2.67 bits per heavy atom. The zero-order valence-corrected chi connectivity index (χ0v) is 11.4. The zero-order chi connectivity index (χ0) is 13.5. The minimum absolute atomic E-state index is 0.265. The molecular weight excluding hydrogens is 231 g/mol. The predicted molar refractivity (Wildman–Crippen MR) is 72.2 cm³/mol. The second-order valence-electron chi connectivity index (χ2n) is 4.64. The van der Waals surface area contributed by atoms with Crippen LogP contribution in [0.3, 0.4) is 0 Å². The average Bonchev–Trinajstić information content (AvgIpc) is 2.36. The van der Waals surface area contributed by atoms with Crippen LogP contribution < -0.4 is 10.5 Å². The summed E-state index contributed by atoms with van der Waals surface area (Å²) in [6.07, 6.45) is 0.920. The van der Waals surface area contributed by atoms with Gasteiger partial charge in [0.1, 0.15) is 0 Å². The predicted octanol–water partition coefficient (Wildman–Crippen LogP) is 2.39. The van der Waals surface area contributed by atoms with Crippen molar-refractivity contribution in [2.24, 2.45) is 5.73 Å². The van der Waals surface area contributed by atoms with Crippen LogP contribution in [0.5, 0.6) is 5.75 Å². The number of benzene rings is 1. The molecule has 0 aliphatic heterocycles. The molecule has 1 rings (SSSR count). The molecule has 1 aromatic rings. The van der Waals surface area contributed by atoms with E-state index in [0.717, 1.165) is 13.0 Å². The second kappa shape index (κ2) is 7.34. The van der Waals surface area contributed by atoms with Gasteiger partial charge in [0.25, 0.3) is 0 Å². The van der Waals surface area contributed by atoms with E-state index in [9.17, 15) is 4.39 Å². The van der Waals surface area contributed by atoms with E-state index in [-0.39, 0.29) is 5.82 Å². The van der Waals surface area contributed by atoms with Gasteiger partial charge in [-0.1, -0.05) is 12.1 Å². The first-order chi connectivity index (χ1) is 8.60. The van der Waals surface area contributed by atoms with E-state index in [4.69, 9.17) is 10.5 Å². The van der Waals surface area contributed by atoms with E-state index in [1.54, 1.807) is 12.1 Å². The Kier molecular flexibility index (Phi) is 6.09. The van der Waals surface area contributed by atoms with E-state index >= 15 is 0 Å². The summed E-state index contributed by atoms with van der Waals surface area (Å²) in [4.78, 5) is 2.21. The minimum atomic E-state index is -0.265. The lowest BCUT2D eigenvalue weighted by molar-refractivity contribution is 0.208. The number of nitrogens with zero attached hydrogens (tertiary/aromatic N) is 1. The zero-order valence-electron chi connectivity index (χ0n) is 11.4. The summed E-state index contributed by atoms with van der Waals surface area (Å²) in [6, 6.07) is 5.62. The summed E-state index contributed by atoms with van der Waals surface area (Å²) >= 11 is 0. The van der Waals surface area contributed by atoms with E-state index < -0.39 is 0 Å².